The van der Waals surface area contributed by atoms with Crippen LogP contribution in [0, 0.1) is 17.5 Å². The largest absolute Gasteiger partial charge is 0.437 e. The number of hydrogen-bond acceptors (Lipinski definition) is 6. The molecule has 1 aromatic heterocycles. The summed E-state index contributed by atoms with van der Waals surface area (Å²) in [5.74, 6) is -2.44. The molecule has 0 fully saturated rings. The summed E-state index contributed by atoms with van der Waals surface area (Å²) < 4.78 is 78.6. The fourth-order valence-corrected chi connectivity index (χ4v) is 3.63. The average Bonchev–Trinajstić information content (AvgIpc) is 2.69. The monoisotopic (exact) mass is 502 g/mol. The summed E-state index contributed by atoms with van der Waals surface area (Å²) in [5.41, 5.74) is -2.45. The highest BCUT2D eigenvalue weighted by Crippen LogP contribution is 2.35. The first kappa shape index (κ1) is 24.4. The van der Waals surface area contributed by atoms with Gasteiger partial charge in [0.2, 0.25) is 0 Å². The number of hydrogen-bond donors (Lipinski definition) is 2. The maximum Gasteiger partial charge on any atom is 0.435 e. The molecule has 0 saturated carbocycles. The van der Waals surface area contributed by atoms with Gasteiger partial charge in [-0.25, -0.2) is 13.4 Å². The molecule has 3 rings (SSSR count). The second-order valence-corrected chi connectivity index (χ2v) is 9.42. The molecule has 0 radical (unpaired) electrons. The number of aromatic nitrogens is 2. The summed E-state index contributed by atoms with van der Waals surface area (Å²) in [7, 11) is -3.11. The number of halogens is 5. The zero-order valence-corrected chi connectivity index (χ0v) is 18.5. The summed E-state index contributed by atoms with van der Waals surface area (Å²) >= 11 is 5.70. The van der Waals surface area contributed by atoms with Crippen LogP contribution in [0.4, 0.5) is 23.2 Å². The molecule has 3 aromatic rings. The standard InChI is InChI=1S/C20H15ClF4N4O3S/c1-10-16(18(30)27-11-4-3-5-13(8-11)33(2,26)31)19(29-28-17(10)20(23,24)25)32-12-6-7-15(22)14(21)9-12/h3-9,26H,1-2H3,(H,27,30). The molecule has 0 aliphatic heterocycles. The quantitative estimate of drug-likeness (QED) is 0.437. The van der Waals surface area contributed by atoms with E-state index < -0.39 is 50.3 Å². The SMILES string of the molecule is Cc1c(C(F)(F)F)nnc(Oc2ccc(F)c(Cl)c2)c1C(=O)Nc1cccc(S(C)(=N)=O)c1. The van der Waals surface area contributed by atoms with Crippen molar-refractivity contribution in [2.75, 3.05) is 11.6 Å². The maximum absolute atomic E-state index is 13.4. The molecule has 13 heteroatoms. The first-order valence-corrected chi connectivity index (χ1v) is 11.3. The lowest BCUT2D eigenvalue weighted by molar-refractivity contribution is -0.142. The minimum Gasteiger partial charge on any atom is -0.437 e. The Labute approximate surface area is 190 Å². The molecule has 33 heavy (non-hydrogen) atoms. The molecule has 1 atom stereocenters. The van der Waals surface area contributed by atoms with Crippen molar-refractivity contribution in [2.45, 2.75) is 18.0 Å². The van der Waals surface area contributed by atoms with E-state index in [4.69, 9.17) is 21.1 Å². The number of benzene rings is 2. The summed E-state index contributed by atoms with van der Waals surface area (Å²) in [4.78, 5) is 13.1. The van der Waals surface area contributed by atoms with E-state index in [9.17, 15) is 26.6 Å². The van der Waals surface area contributed by atoms with Crippen molar-refractivity contribution >= 4 is 32.9 Å². The van der Waals surface area contributed by atoms with E-state index in [1.807, 2.05) is 0 Å². The number of ether oxygens (including phenoxy) is 1. The maximum atomic E-state index is 13.4. The Kier molecular flexibility index (Phi) is 6.61. The molecule has 174 valence electrons. The number of nitrogens with zero attached hydrogens (tertiary/aromatic N) is 2. The Hall–Kier alpha value is -3.25. The van der Waals surface area contributed by atoms with Crippen LogP contribution in [0.3, 0.4) is 0 Å². The predicted octanol–water partition coefficient (Wildman–Crippen LogP) is 5.68. The van der Waals surface area contributed by atoms with E-state index >= 15 is 0 Å². The van der Waals surface area contributed by atoms with Gasteiger partial charge >= 0.3 is 6.18 Å². The van der Waals surface area contributed by atoms with Gasteiger partial charge in [0, 0.05) is 22.9 Å². The lowest BCUT2D eigenvalue weighted by Gasteiger charge is -2.16. The predicted molar refractivity (Wildman–Crippen MR) is 113 cm³/mol. The first-order valence-electron chi connectivity index (χ1n) is 9.00. The molecule has 0 saturated heterocycles. The second kappa shape index (κ2) is 8.94. The fourth-order valence-electron chi connectivity index (χ4n) is 2.77. The van der Waals surface area contributed by atoms with Gasteiger partial charge in [-0.15, -0.1) is 10.2 Å². The first-order chi connectivity index (χ1) is 15.3. The van der Waals surface area contributed by atoms with E-state index in [1.54, 1.807) is 0 Å². The summed E-state index contributed by atoms with van der Waals surface area (Å²) in [6.07, 6.45) is -3.72. The summed E-state index contributed by atoms with van der Waals surface area (Å²) in [6.45, 7) is 1.02. The number of nitrogens with one attached hydrogen (secondary N) is 2. The van der Waals surface area contributed by atoms with Crippen LogP contribution in [0.15, 0.2) is 47.4 Å². The fraction of sp³-hybridized carbons (Fsp3) is 0.150. The van der Waals surface area contributed by atoms with Gasteiger partial charge in [-0.3, -0.25) is 4.79 Å². The Morgan fingerprint density at radius 1 is 1.18 bits per heavy atom. The molecule has 2 N–H and O–H groups in total. The van der Waals surface area contributed by atoms with Gasteiger partial charge < -0.3 is 10.1 Å². The summed E-state index contributed by atoms with van der Waals surface area (Å²) in [5, 5.41) is 8.61. The third-order valence-corrected chi connectivity index (χ3v) is 5.77. The molecule has 1 unspecified atom stereocenters. The van der Waals surface area contributed by atoms with E-state index in [-0.39, 0.29) is 21.4 Å². The van der Waals surface area contributed by atoms with E-state index in [1.165, 1.54) is 30.5 Å². The minimum atomic E-state index is -4.90. The number of rotatable bonds is 5. The molecule has 0 aliphatic rings. The van der Waals surface area contributed by atoms with E-state index in [0.29, 0.717) is 0 Å². The smallest absolute Gasteiger partial charge is 0.435 e. The normalized spacial score (nSPS) is 13.3. The van der Waals surface area contributed by atoms with Gasteiger partial charge in [0.15, 0.2) is 5.69 Å². The Morgan fingerprint density at radius 3 is 2.48 bits per heavy atom. The average molecular weight is 503 g/mol. The lowest BCUT2D eigenvalue weighted by atomic mass is 10.1. The van der Waals surface area contributed by atoms with Crippen LogP contribution >= 0.6 is 11.6 Å². The van der Waals surface area contributed by atoms with Crippen LogP contribution in [0.2, 0.25) is 5.02 Å². The Morgan fingerprint density at radius 2 is 1.88 bits per heavy atom. The van der Waals surface area contributed by atoms with Gasteiger partial charge in [-0.05, 0) is 42.8 Å². The van der Waals surface area contributed by atoms with Crippen molar-refractivity contribution in [1.82, 2.24) is 10.2 Å². The third-order valence-electron chi connectivity index (χ3n) is 4.33. The van der Waals surface area contributed by atoms with Gasteiger partial charge in [-0.1, -0.05) is 17.7 Å². The molecule has 0 spiro atoms. The van der Waals surface area contributed by atoms with Crippen LogP contribution in [-0.4, -0.2) is 26.6 Å². The zero-order chi connectivity index (χ0) is 24.6. The van der Waals surface area contributed by atoms with Crippen molar-refractivity contribution in [1.29, 1.82) is 4.78 Å². The summed E-state index contributed by atoms with van der Waals surface area (Å²) in [6, 6.07) is 8.69. The lowest BCUT2D eigenvalue weighted by Crippen LogP contribution is -2.21. The third kappa shape index (κ3) is 5.57. The molecule has 0 aliphatic carbocycles. The van der Waals surface area contributed by atoms with Crippen LogP contribution in [0.5, 0.6) is 11.6 Å². The number of carbonyl (C=O) groups excluding carboxylic acids is 1. The van der Waals surface area contributed by atoms with Crippen molar-refractivity contribution in [2.24, 2.45) is 0 Å². The Balaban J connectivity index is 2.07. The topological polar surface area (TPSA) is 105 Å². The number of amides is 1. The number of carbonyl (C=O) groups is 1. The molecule has 7 nitrogen and oxygen atoms in total. The molecule has 0 bridgehead atoms. The van der Waals surface area contributed by atoms with Crippen molar-refractivity contribution in [3.05, 3.63) is 70.1 Å². The Bertz CT molecular complexity index is 1350. The van der Waals surface area contributed by atoms with Crippen molar-refractivity contribution in [3.8, 4) is 11.6 Å². The molecule has 1 amide bonds. The molecular formula is C20H15ClF4N4O3S. The highest BCUT2D eigenvalue weighted by atomic mass is 35.5. The van der Waals surface area contributed by atoms with Crippen molar-refractivity contribution < 1.29 is 31.3 Å². The van der Waals surface area contributed by atoms with Crippen LogP contribution in [0.1, 0.15) is 21.6 Å². The number of alkyl halides is 3. The van der Waals surface area contributed by atoms with Gasteiger partial charge in [0.1, 0.15) is 17.1 Å². The van der Waals surface area contributed by atoms with Crippen molar-refractivity contribution in [3.63, 3.8) is 0 Å². The molecular weight excluding hydrogens is 488 g/mol. The van der Waals surface area contributed by atoms with Gasteiger partial charge in [0.25, 0.3) is 11.8 Å². The van der Waals surface area contributed by atoms with E-state index in [0.717, 1.165) is 25.1 Å². The highest BCUT2D eigenvalue weighted by Gasteiger charge is 2.38. The number of anilines is 1. The van der Waals surface area contributed by atoms with Crippen LogP contribution < -0.4 is 10.1 Å². The van der Waals surface area contributed by atoms with Crippen LogP contribution in [-0.2, 0) is 15.9 Å². The van der Waals surface area contributed by atoms with Gasteiger partial charge in [-0.2, -0.15) is 13.2 Å². The van der Waals surface area contributed by atoms with E-state index in [2.05, 4.69) is 15.5 Å². The second-order valence-electron chi connectivity index (χ2n) is 6.86. The van der Waals surface area contributed by atoms with Gasteiger partial charge in [0.05, 0.1) is 14.8 Å². The molecule has 2 aromatic carbocycles. The zero-order valence-electron chi connectivity index (χ0n) is 17.0. The molecule has 1 heterocycles. The highest BCUT2D eigenvalue weighted by molar-refractivity contribution is 7.91. The van der Waals surface area contributed by atoms with Crippen LogP contribution in [0.25, 0.3) is 0 Å². The minimum absolute atomic E-state index is 0.0832.